The van der Waals surface area contributed by atoms with Crippen LogP contribution in [0.15, 0.2) is 39.7 Å². The highest BCUT2D eigenvalue weighted by Crippen LogP contribution is 2.34. The molecule has 9 nitrogen and oxygen atoms in total. The third kappa shape index (κ3) is 4.32. The number of carboxylic acids is 1. The van der Waals surface area contributed by atoms with E-state index in [4.69, 9.17) is 9.15 Å². The quantitative estimate of drug-likeness (QED) is 0.683. The summed E-state index contributed by atoms with van der Waals surface area (Å²) in [5, 5.41) is 8.79. The number of carbonyl (C=O) groups is 4. The van der Waals surface area contributed by atoms with Crippen molar-refractivity contribution in [2.75, 3.05) is 32.8 Å². The second-order valence-corrected chi connectivity index (χ2v) is 8.24. The summed E-state index contributed by atoms with van der Waals surface area (Å²) in [4.78, 5) is 51.5. The Morgan fingerprint density at radius 2 is 1.91 bits per heavy atom. The van der Waals surface area contributed by atoms with Gasteiger partial charge in [-0.1, -0.05) is 12.1 Å². The van der Waals surface area contributed by atoms with Gasteiger partial charge in [0.2, 0.25) is 5.91 Å². The van der Waals surface area contributed by atoms with Crippen LogP contribution in [0.5, 0.6) is 0 Å². The minimum atomic E-state index is -1.03. The summed E-state index contributed by atoms with van der Waals surface area (Å²) in [5.41, 5.74) is 1.35. The number of benzene rings is 1. The molecule has 1 N–H and O–H groups in total. The van der Waals surface area contributed by atoms with Gasteiger partial charge in [-0.3, -0.25) is 19.3 Å². The van der Waals surface area contributed by atoms with E-state index in [0.29, 0.717) is 49.0 Å². The summed E-state index contributed by atoms with van der Waals surface area (Å²) in [6.07, 6.45) is 1.45. The van der Waals surface area contributed by atoms with Crippen LogP contribution in [0.2, 0.25) is 0 Å². The van der Waals surface area contributed by atoms with Crippen molar-refractivity contribution in [2.24, 2.45) is 0 Å². The molecule has 10 heteroatoms. The summed E-state index contributed by atoms with van der Waals surface area (Å²) < 4.78 is 11.0. The number of rotatable bonds is 5. The zero-order valence-electron chi connectivity index (χ0n) is 17.2. The zero-order chi connectivity index (χ0) is 22.8. The molecule has 3 amide bonds. The molecule has 0 aliphatic carbocycles. The van der Waals surface area contributed by atoms with Gasteiger partial charge in [0.15, 0.2) is 0 Å². The lowest BCUT2D eigenvalue weighted by Crippen LogP contribution is -2.46. The molecule has 2 saturated heterocycles. The number of amides is 3. The summed E-state index contributed by atoms with van der Waals surface area (Å²) in [5.74, 6) is -1.10. The number of nitrogens with zero attached hydrogens (tertiary/aromatic N) is 2. The van der Waals surface area contributed by atoms with Crippen molar-refractivity contribution >= 4 is 40.9 Å². The molecule has 0 unspecified atom stereocenters. The maximum absolute atomic E-state index is 12.7. The van der Waals surface area contributed by atoms with Crippen molar-refractivity contribution in [2.45, 2.75) is 6.92 Å². The second kappa shape index (κ2) is 9.01. The van der Waals surface area contributed by atoms with Gasteiger partial charge in [-0.15, -0.1) is 0 Å². The fourth-order valence-corrected chi connectivity index (χ4v) is 4.34. The summed E-state index contributed by atoms with van der Waals surface area (Å²) in [6, 6.07) is 8.20. The Kier molecular flexibility index (Phi) is 6.15. The van der Waals surface area contributed by atoms with Crippen LogP contribution in [-0.2, 0) is 14.3 Å². The molecule has 32 heavy (non-hydrogen) atoms. The first kappa shape index (κ1) is 21.8. The molecule has 2 aliphatic heterocycles. The van der Waals surface area contributed by atoms with Crippen LogP contribution in [0, 0.1) is 6.92 Å². The Balaban J connectivity index is 1.51. The smallest absolute Gasteiger partial charge is 0.335 e. The third-order valence-corrected chi connectivity index (χ3v) is 6.17. The lowest BCUT2D eigenvalue weighted by Gasteiger charge is -2.27. The Labute approximate surface area is 187 Å². The molecular weight excluding hydrogens is 436 g/mol. The van der Waals surface area contributed by atoms with E-state index < -0.39 is 17.1 Å². The molecule has 166 valence electrons. The van der Waals surface area contributed by atoms with Gasteiger partial charge in [0, 0.05) is 24.7 Å². The van der Waals surface area contributed by atoms with E-state index in [1.165, 1.54) is 12.1 Å². The third-order valence-electron chi connectivity index (χ3n) is 5.26. The largest absolute Gasteiger partial charge is 0.478 e. The second-order valence-electron chi connectivity index (χ2n) is 7.25. The predicted molar refractivity (Wildman–Crippen MR) is 116 cm³/mol. The molecule has 1 aromatic heterocycles. The van der Waals surface area contributed by atoms with Crippen molar-refractivity contribution in [3.63, 3.8) is 0 Å². The van der Waals surface area contributed by atoms with Crippen molar-refractivity contribution in [1.82, 2.24) is 9.80 Å². The van der Waals surface area contributed by atoms with E-state index in [9.17, 15) is 24.3 Å². The molecule has 0 bridgehead atoms. The number of hydrogen-bond acceptors (Lipinski definition) is 7. The highest BCUT2D eigenvalue weighted by Gasteiger charge is 2.37. The fraction of sp³-hybridized carbons (Fsp3) is 0.273. The number of carbonyl (C=O) groups excluding carboxylic acids is 3. The van der Waals surface area contributed by atoms with Crippen LogP contribution in [0.1, 0.15) is 21.7 Å². The molecular formula is C22H20N2O7S. The molecule has 2 fully saturated rings. The van der Waals surface area contributed by atoms with Gasteiger partial charge in [-0.25, -0.2) is 4.79 Å². The molecule has 3 heterocycles. The maximum atomic E-state index is 12.7. The topological polar surface area (TPSA) is 117 Å². The number of hydrogen-bond donors (Lipinski definition) is 1. The highest BCUT2D eigenvalue weighted by molar-refractivity contribution is 8.18. The highest BCUT2D eigenvalue weighted by atomic mass is 32.2. The first-order valence-corrected chi connectivity index (χ1v) is 10.7. The van der Waals surface area contributed by atoms with Gasteiger partial charge in [0.25, 0.3) is 11.1 Å². The lowest BCUT2D eigenvalue weighted by atomic mass is 10.0. The minimum Gasteiger partial charge on any atom is -0.478 e. The van der Waals surface area contributed by atoms with Crippen LogP contribution in [0.4, 0.5) is 4.79 Å². The van der Waals surface area contributed by atoms with E-state index in [0.717, 1.165) is 16.7 Å². The molecule has 0 atom stereocenters. The first-order valence-electron chi connectivity index (χ1n) is 9.89. The maximum Gasteiger partial charge on any atom is 0.335 e. The van der Waals surface area contributed by atoms with Crippen LogP contribution < -0.4 is 0 Å². The van der Waals surface area contributed by atoms with Crippen LogP contribution in [-0.4, -0.2) is 70.8 Å². The number of carboxylic acid groups (broad SMARTS) is 1. The molecule has 2 aromatic rings. The van der Waals surface area contributed by atoms with E-state index in [-0.39, 0.29) is 22.9 Å². The summed E-state index contributed by atoms with van der Waals surface area (Å²) in [7, 11) is 0. The molecule has 0 radical (unpaired) electrons. The Morgan fingerprint density at radius 3 is 2.62 bits per heavy atom. The standard InChI is InChI=1S/C22H20N2O7S/c1-13-15(3-2-4-16(13)21(27)28)17-6-5-14(31-17)11-18-20(26)24(22(29)32-18)12-19(25)23-7-9-30-10-8-23/h2-6,11H,7-10,12H2,1H3,(H,27,28)/b18-11+. The zero-order valence-corrected chi connectivity index (χ0v) is 18.0. The molecule has 0 spiro atoms. The molecule has 0 saturated carbocycles. The van der Waals surface area contributed by atoms with Crippen molar-refractivity contribution in [3.8, 4) is 11.3 Å². The van der Waals surface area contributed by atoms with E-state index in [1.807, 2.05) is 0 Å². The van der Waals surface area contributed by atoms with Gasteiger partial charge in [-0.2, -0.15) is 0 Å². The number of thioether (sulfide) groups is 1. The minimum absolute atomic E-state index is 0.154. The lowest BCUT2D eigenvalue weighted by molar-refractivity contribution is -0.139. The Hall–Kier alpha value is -3.37. The predicted octanol–water partition coefficient (Wildman–Crippen LogP) is 2.85. The van der Waals surface area contributed by atoms with E-state index >= 15 is 0 Å². The number of imide groups is 1. The number of morpholine rings is 1. The Morgan fingerprint density at radius 1 is 1.16 bits per heavy atom. The van der Waals surface area contributed by atoms with Gasteiger partial charge in [0.05, 0.1) is 23.7 Å². The molecule has 4 rings (SSSR count). The Bertz CT molecular complexity index is 1130. The van der Waals surface area contributed by atoms with Crippen molar-refractivity contribution in [1.29, 1.82) is 0 Å². The number of ether oxygens (including phenoxy) is 1. The van der Waals surface area contributed by atoms with Gasteiger partial charge >= 0.3 is 5.97 Å². The summed E-state index contributed by atoms with van der Waals surface area (Å²) in [6.45, 7) is 3.11. The van der Waals surface area contributed by atoms with E-state index in [2.05, 4.69) is 0 Å². The van der Waals surface area contributed by atoms with Gasteiger partial charge in [-0.05, 0) is 42.4 Å². The number of aromatic carboxylic acids is 1. The van der Waals surface area contributed by atoms with Gasteiger partial charge in [0.1, 0.15) is 18.1 Å². The SMILES string of the molecule is Cc1c(C(=O)O)cccc1-c1ccc(/C=C2/SC(=O)N(CC(=O)N3CCOCC3)C2=O)o1. The van der Waals surface area contributed by atoms with Crippen molar-refractivity contribution in [3.05, 3.63) is 52.1 Å². The average Bonchev–Trinajstić information content (AvgIpc) is 3.34. The van der Waals surface area contributed by atoms with Crippen LogP contribution in [0.3, 0.4) is 0 Å². The van der Waals surface area contributed by atoms with Crippen LogP contribution in [0.25, 0.3) is 17.4 Å². The number of furan rings is 1. The van der Waals surface area contributed by atoms with E-state index in [1.54, 1.807) is 36.1 Å². The molecule has 2 aliphatic rings. The normalized spacial score (nSPS) is 18.0. The van der Waals surface area contributed by atoms with Gasteiger partial charge < -0.3 is 19.2 Å². The average molecular weight is 456 g/mol. The summed E-state index contributed by atoms with van der Waals surface area (Å²) >= 11 is 0.745. The van der Waals surface area contributed by atoms with Crippen molar-refractivity contribution < 1.29 is 33.4 Å². The molecule has 1 aromatic carbocycles. The monoisotopic (exact) mass is 456 g/mol. The van der Waals surface area contributed by atoms with Crippen LogP contribution >= 0.6 is 11.8 Å². The fourth-order valence-electron chi connectivity index (χ4n) is 3.52. The first-order chi connectivity index (χ1) is 15.3.